The first-order valence-electron chi connectivity index (χ1n) is 8.97. The van der Waals surface area contributed by atoms with Gasteiger partial charge in [-0.25, -0.2) is 16.8 Å². The van der Waals surface area contributed by atoms with Crippen molar-refractivity contribution in [1.82, 2.24) is 10.6 Å². The average Bonchev–Trinajstić information content (AvgIpc) is 3.16. The van der Waals surface area contributed by atoms with Crippen molar-refractivity contribution in [3.63, 3.8) is 0 Å². The first kappa shape index (κ1) is 24.9. The van der Waals surface area contributed by atoms with Gasteiger partial charge in [0.1, 0.15) is 13.2 Å². The molecule has 0 saturated carbocycles. The fourth-order valence-corrected chi connectivity index (χ4v) is 5.28. The van der Waals surface area contributed by atoms with E-state index < -0.39 is 19.7 Å². The number of thiocarbonyl (C=S) groups is 2. The van der Waals surface area contributed by atoms with Crippen molar-refractivity contribution in [2.24, 2.45) is 0 Å². The highest BCUT2D eigenvalue weighted by Crippen LogP contribution is 2.09. The van der Waals surface area contributed by atoms with Crippen molar-refractivity contribution in [3.8, 4) is 0 Å². The Morgan fingerprint density at radius 2 is 1.10 bits per heavy atom. The van der Waals surface area contributed by atoms with E-state index in [4.69, 9.17) is 43.4 Å². The van der Waals surface area contributed by atoms with Crippen molar-refractivity contribution in [1.29, 1.82) is 0 Å². The molecule has 2 aliphatic heterocycles. The standard InChI is InChI=1S/C16H24N2O8S4/c19-29(20)9-1-13(11-29)17-15(27)25-7-5-23-3-4-24-6-8-26-16(28)18-14-2-10-30(21,22)12-14/h1-2H,3-12H2,(H,17,27)(H,18,28). The number of ether oxygens (including phenoxy) is 4. The molecule has 10 nitrogen and oxygen atoms in total. The lowest BCUT2D eigenvalue weighted by molar-refractivity contribution is 0.0250. The molecule has 2 rings (SSSR count). The molecule has 0 aromatic carbocycles. The second-order valence-corrected chi connectivity index (χ2v) is 11.3. The van der Waals surface area contributed by atoms with E-state index >= 15 is 0 Å². The Labute approximate surface area is 186 Å². The van der Waals surface area contributed by atoms with Gasteiger partial charge in [-0.15, -0.1) is 0 Å². The van der Waals surface area contributed by atoms with E-state index in [1.807, 2.05) is 0 Å². The third kappa shape index (κ3) is 10.1. The predicted molar refractivity (Wildman–Crippen MR) is 118 cm³/mol. The predicted octanol–water partition coefficient (Wildman–Crippen LogP) is -0.574. The second kappa shape index (κ2) is 11.9. The molecule has 0 atom stereocenters. The van der Waals surface area contributed by atoms with Gasteiger partial charge in [-0.05, 0) is 36.6 Å². The summed E-state index contributed by atoms with van der Waals surface area (Å²) < 4.78 is 66.5. The number of hydrogen-bond acceptors (Lipinski definition) is 10. The van der Waals surface area contributed by atoms with Crippen molar-refractivity contribution < 1.29 is 35.8 Å². The van der Waals surface area contributed by atoms with Crippen LogP contribution in [-0.2, 0) is 38.6 Å². The van der Waals surface area contributed by atoms with E-state index in [1.165, 1.54) is 0 Å². The summed E-state index contributed by atoms with van der Waals surface area (Å²) in [5.41, 5.74) is 1.05. The zero-order valence-corrected chi connectivity index (χ0v) is 19.4. The number of rotatable bonds is 11. The molecule has 0 aromatic heterocycles. The van der Waals surface area contributed by atoms with Crippen LogP contribution in [0.3, 0.4) is 0 Å². The van der Waals surface area contributed by atoms with E-state index in [-0.39, 0.29) is 46.6 Å². The van der Waals surface area contributed by atoms with E-state index in [0.717, 1.165) is 0 Å². The summed E-state index contributed by atoms with van der Waals surface area (Å²) in [6.07, 6.45) is 3.14. The van der Waals surface area contributed by atoms with Gasteiger partial charge in [0, 0.05) is 11.4 Å². The summed E-state index contributed by atoms with van der Waals surface area (Å²) in [5.74, 6) is -0.100. The molecule has 0 radical (unpaired) electrons. The van der Waals surface area contributed by atoms with E-state index in [1.54, 1.807) is 12.2 Å². The summed E-state index contributed by atoms with van der Waals surface area (Å²) >= 11 is 9.96. The van der Waals surface area contributed by atoms with Gasteiger partial charge in [-0.1, -0.05) is 0 Å². The van der Waals surface area contributed by atoms with Gasteiger partial charge in [-0.2, -0.15) is 0 Å². The van der Waals surface area contributed by atoms with E-state index in [0.29, 0.717) is 37.8 Å². The number of hydrogen-bond donors (Lipinski definition) is 2. The van der Waals surface area contributed by atoms with Crippen LogP contribution in [0.1, 0.15) is 0 Å². The number of sulfone groups is 2. The average molecular weight is 501 g/mol. The largest absolute Gasteiger partial charge is 0.468 e. The van der Waals surface area contributed by atoms with Crippen LogP contribution in [0.25, 0.3) is 0 Å². The highest BCUT2D eigenvalue weighted by molar-refractivity contribution is 7.92. The molecular formula is C16H24N2O8S4. The molecule has 0 saturated heterocycles. The van der Waals surface area contributed by atoms with Crippen LogP contribution < -0.4 is 10.6 Å². The van der Waals surface area contributed by atoms with Crippen molar-refractivity contribution in [2.45, 2.75) is 0 Å². The molecule has 0 spiro atoms. The van der Waals surface area contributed by atoms with Crippen LogP contribution >= 0.6 is 24.4 Å². The third-order valence-corrected chi connectivity index (χ3v) is 7.03. The van der Waals surface area contributed by atoms with Crippen LogP contribution in [0, 0.1) is 0 Å². The van der Waals surface area contributed by atoms with Crippen LogP contribution in [0.2, 0.25) is 0 Å². The molecule has 2 heterocycles. The van der Waals surface area contributed by atoms with Gasteiger partial charge in [0.2, 0.25) is 0 Å². The normalized spacial score (nSPS) is 18.9. The van der Waals surface area contributed by atoms with Crippen molar-refractivity contribution in [3.05, 3.63) is 23.5 Å². The Bertz CT molecular complexity index is 822. The zero-order chi connectivity index (χ0) is 22.0. The Balaban J connectivity index is 1.38. The first-order valence-corrected chi connectivity index (χ1v) is 13.4. The summed E-state index contributed by atoms with van der Waals surface area (Å²) in [6, 6.07) is 0. The quantitative estimate of drug-likeness (QED) is 0.278. The van der Waals surface area contributed by atoms with Gasteiger partial charge >= 0.3 is 0 Å². The Morgan fingerprint density at radius 3 is 1.43 bits per heavy atom. The molecule has 0 aromatic rings. The molecule has 0 aliphatic carbocycles. The Morgan fingerprint density at radius 1 is 0.733 bits per heavy atom. The molecule has 2 aliphatic rings. The zero-order valence-electron chi connectivity index (χ0n) is 16.1. The van der Waals surface area contributed by atoms with Crippen LogP contribution in [-0.4, -0.2) is 89.8 Å². The molecule has 0 bridgehead atoms. The maximum Gasteiger partial charge on any atom is 0.261 e. The topological polar surface area (TPSA) is 129 Å². The fraction of sp³-hybridized carbons (Fsp3) is 0.625. The molecule has 170 valence electrons. The molecule has 0 fully saturated rings. The third-order valence-electron chi connectivity index (χ3n) is 3.74. The van der Waals surface area contributed by atoms with E-state index in [9.17, 15) is 16.8 Å². The lowest BCUT2D eigenvalue weighted by Gasteiger charge is -2.11. The van der Waals surface area contributed by atoms with Crippen LogP contribution in [0.15, 0.2) is 23.5 Å². The van der Waals surface area contributed by atoms with Crippen LogP contribution in [0.4, 0.5) is 0 Å². The molecule has 0 unspecified atom stereocenters. The SMILES string of the molecule is O=S1(=O)CC=C(NC(=S)OCCOCCOCCOC(=S)NC2=CCS(=O)(=O)C2)C1. The molecule has 0 amide bonds. The smallest absolute Gasteiger partial charge is 0.261 e. The Kier molecular flexibility index (Phi) is 9.90. The second-order valence-electron chi connectivity index (χ2n) is 6.31. The summed E-state index contributed by atoms with van der Waals surface area (Å²) in [6.45, 7) is 1.73. The van der Waals surface area contributed by atoms with Gasteiger partial charge in [0.05, 0.1) is 49.4 Å². The highest BCUT2D eigenvalue weighted by atomic mass is 32.2. The monoisotopic (exact) mass is 500 g/mol. The van der Waals surface area contributed by atoms with E-state index in [2.05, 4.69) is 10.6 Å². The molecule has 14 heteroatoms. The molecule has 30 heavy (non-hydrogen) atoms. The minimum absolute atomic E-state index is 0.0107. The number of nitrogens with one attached hydrogen (secondary N) is 2. The lowest BCUT2D eigenvalue weighted by Crippen LogP contribution is -2.26. The summed E-state index contributed by atoms with van der Waals surface area (Å²) in [4.78, 5) is 0. The summed E-state index contributed by atoms with van der Waals surface area (Å²) in [7, 11) is -6.10. The minimum atomic E-state index is -3.05. The first-order chi connectivity index (χ1) is 14.2. The maximum atomic E-state index is 11.3. The lowest BCUT2D eigenvalue weighted by atomic mass is 10.5. The van der Waals surface area contributed by atoms with Crippen molar-refractivity contribution >= 4 is 54.5 Å². The Hall–Kier alpha value is -1.32. The van der Waals surface area contributed by atoms with Gasteiger partial charge in [0.15, 0.2) is 19.7 Å². The van der Waals surface area contributed by atoms with Crippen LogP contribution in [0.5, 0.6) is 0 Å². The minimum Gasteiger partial charge on any atom is -0.468 e. The van der Waals surface area contributed by atoms with Gasteiger partial charge in [0.25, 0.3) is 10.3 Å². The highest BCUT2D eigenvalue weighted by Gasteiger charge is 2.21. The van der Waals surface area contributed by atoms with Gasteiger partial charge in [-0.3, -0.25) is 0 Å². The maximum absolute atomic E-state index is 11.3. The fourth-order valence-electron chi connectivity index (χ4n) is 2.38. The summed E-state index contributed by atoms with van der Waals surface area (Å²) in [5, 5.41) is 5.69. The van der Waals surface area contributed by atoms with Crippen molar-refractivity contribution in [2.75, 3.05) is 62.7 Å². The molecular weight excluding hydrogens is 476 g/mol. The van der Waals surface area contributed by atoms with Gasteiger partial charge < -0.3 is 29.6 Å². The molecule has 2 N–H and O–H groups in total.